The van der Waals surface area contributed by atoms with E-state index in [-0.39, 0.29) is 29.1 Å². The number of ketones is 1. The van der Waals surface area contributed by atoms with Crippen molar-refractivity contribution in [3.05, 3.63) is 18.5 Å². The number of imidazole rings is 1. The van der Waals surface area contributed by atoms with Gasteiger partial charge in [-0.1, -0.05) is 6.92 Å². The molecule has 8 atom stereocenters. The van der Waals surface area contributed by atoms with Crippen LogP contribution in [0.4, 0.5) is 4.39 Å². The normalized spacial score (nSPS) is 44.7. The lowest BCUT2D eigenvalue weighted by atomic mass is 9.42. The van der Waals surface area contributed by atoms with Crippen LogP contribution in [0.15, 0.2) is 12.5 Å². The number of ether oxygens (including phenoxy) is 1. The third-order valence-corrected chi connectivity index (χ3v) is 10.8. The summed E-state index contributed by atoms with van der Waals surface area (Å²) in [6.07, 6.45) is 13.6. The molecule has 5 nitrogen and oxygen atoms in total. The van der Waals surface area contributed by atoms with Crippen molar-refractivity contribution in [1.29, 1.82) is 0 Å². The summed E-state index contributed by atoms with van der Waals surface area (Å²) in [6, 6.07) is 0. The summed E-state index contributed by atoms with van der Waals surface area (Å²) in [5, 5.41) is 10.9. The van der Waals surface area contributed by atoms with Gasteiger partial charge in [0.15, 0.2) is 5.78 Å². The minimum atomic E-state index is -0.533. The van der Waals surface area contributed by atoms with Crippen LogP contribution in [0.25, 0.3) is 0 Å². The van der Waals surface area contributed by atoms with Gasteiger partial charge < -0.3 is 14.4 Å². The van der Waals surface area contributed by atoms with Crippen LogP contribution >= 0.6 is 0 Å². The fourth-order valence-electron chi connectivity index (χ4n) is 9.26. The lowest BCUT2D eigenvalue weighted by Gasteiger charge is -2.63. The molecule has 4 aliphatic rings. The van der Waals surface area contributed by atoms with Gasteiger partial charge >= 0.3 is 0 Å². The molecule has 5 rings (SSSR count). The van der Waals surface area contributed by atoms with Crippen molar-refractivity contribution < 1.29 is 19.0 Å². The van der Waals surface area contributed by atoms with E-state index in [1.807, 2.05) is 14.0 Å². The van der Waals surface area contributed by atoms with Gasteiger partial charge in [-0.05, 0) is 106 Å². The standard InChI is InChI=1S/C27H41FN2O3/c1-25(32)10-11-27(12-13-33-3)18(14-25)4-5-19-20-6-7-22(26(20,2)9-8-21(19)27)23(31)15-30-16-24(28)29-17-30/h16-22,32H,4-15H2,1-3H3/t18-,19-,20-,21-,22+,25+,26-,27+/m0/s1. The molecule has 1 aromatic rings. The molecule has 0 aliphatic heterocycles. The quantitative estimate of drug-likeness (QED) is 0.648. The van der Waals surface area contributed by atoms with Crippen molar-refractivity contribution >= 4 is 5.78 Å². The maximum Gasteiger partial charge on any atom is 0.230 e. The van der Waals surface area contributed by atoms with Gasteiger partial charge in [0.25, 0.3) is 0 Å². The fourth-order valence-corrected chi connectivity index (χ4v) is 9.26. The van der Waals surface area contributed by atoms with Gasteiger partial charge in [0.05, 0.1) is 24.7 Å². The first kappa shape index (κ1) is 23.5. The summed E-state index contributed by atoms with van der Waals surface area (Å²) in [5.41, 5.74) is -0.208. The van der Waals surface area contributed by atoms with Crippen LogP contribution in [0.3, 0.4) is 0 Å². The second-order valence-corrected chi connectivity index (χ2v) is 12.3. The largest absolute Gasteiger partial charge is 0.390 e. The van der Waals surface area contributed by atoms with E-state index in [0.29, 0.717) is 23.7 Å². The second kappa shape index (κ2) is 8.44. The van der Waals surface area contributed by atoms with E-state index in [9.17, 15) is 14.3 Å². The van der Waals surface area contributed by atoms with Crippen LogP contribution in [0.2, 0.25) is 0 Å². The summed E-state index contributed by atoms with van der Waals surface area (Å²) in [5.74, 6) is 2.30. The van der Waals surface area contributed by atoms with Gasteiger partial charge in [0, 0.05) is 19.6 Å². The third kappa shape index (κ3) is 3.89. The second-order valence-electron chi connectivity index (χ2n) is 12.3. The number of nitrogens with zero attached hydrogens (tertiary/aromatic N) is 2. The van der Waals surface area contributed by atoms with Crippen molar-refractivity contribution in [2.75, 3.05) is 13.7 Å². The number of methoxy groups -OCH3 is 1. The van der Waals surface area contributed by atoms with E-state index in [2.05, 4.69) is 11.9 Å². The molecule has 4 fully saturated rings. The first-order valence-corrected chi connectivity index (χ1v) is 13.1. The molecule has 6 heteroatoms. The lowest BCUT2D eigenvalue weighted by Crippen LogP contribution is -2.57. The predicted molar refractivity (Wildman–Crippen MR) is 124 cm³/mol. The van der Waals surface area contributed by atoms with Crippen molar-refractivity contribution in [3.63, 3.8) is 0 Å². The Morgan fingerprint density at radius 3 is 2.73 bits per heavy atom. The van der Waals surface area contributed by atoms with Crippen molar-refractivity contribution in [1.82, 2.24) is 9.55 Å². The minimum Gasteiger partial charge on any atom is -0.390 e. The van der Waals surface area contributed by atoms with E-state index in [1.165, 1.54) is 31.8 Å². The molecule has 1 N–H and O–H groups in total. The Labute approximate surface area is 197 Å². The SMILES string of the molecule is COCC[C@]12CC[C@@](C)(O)C[C@@H]1CC[C@H]1[C@@H]3CC[C@H](C(=O)Cn4cnc(F)c4)[C@@]3(C)CC[C@@H]12. The Morgan fingerprint density at radius 2 is 2.00 bits per heavy atom. The number of Topliss-reactive ketones (excluding diaryl/α,β-unsaturated/α-hetero) is 1. The molecule has 33 heavy (non-hydrogen) atoms. The number of aromatic nitrogens is 2. The van der Waals surface area contributed by atoms with Gasteiger partial charge in [-0.25, -0.2) is 4.98 Å². The number of fused-ring (bicyclic) bond motifs is 5. The Kier molecular flexibility index (Phi) is 6.00. The molecule has 1 aromatic heterocycles. The van der Waals surface area contributed by atoms with Gasteiger partial charge in [0.1, 0.15) is 0 Å². The average Bonchev–Trinajstić information content (AvgIpc) is 3.34. The zero-order valence-electron chi connectivity index (χ0n) is 20.6. The summed E-state index contributed by atoms with van der Waals surface area (Å²) in [4.78, 5) is 17.0. The van der Waals surface area contributed by atoms with Gasteiger partial charge in [-0.3, -0.25) is 4.79 Å². The van der Waals surface area contributed by atoms with Gasteiger partial charge in [0.2, 0.25) is 5.95 Å². The highest BCUT2D eigenvalue weighted by Crippen LogP contribution is 2.69. The Balaban J connectivity index is 1.37. The minimum absolute atomic E-state index is 0.0484. The first-order valence-electron chi connectivity index (χ1n) is 13.1. The highest BCUT2D eigenvalue weighted by atomic mass is 19.1. The summed E-state index contributed by atoms with van der Waals surface area (Å²) < 4.78 is 20.5. The van der Waals surface area contributed by atoms with E-state index in [4.69, 9.17) is 4.74 Å². The number of carbonyl (C=O) groups is 1. The third-order valence-electron chi connectivity index (χ3n) is 10.8. The maximum absolute atomic E-state index is 13.3. The van der Waals surface area contributed by atoms with E-state index >= 15 is 0 Å². The highest BCUT2D eigenvalue weighted by molar-refractivity contribution is 5.82. The molecule has 4 aliphatic carbocycles. The Bertz CT molecular complexity index is 884. The van der Waals surface area contributed by atoms with Crippen LogP contribution in [0.1, 0.15) is 78.1 Å². The van der Waals surface area contributed by atoms with Crippen LogP contribution in [0.5, 0.6) is 0 Å². The Hall–Kier alpha value is -1.27. The zero-order chi connectivity index (χ0) is 23.4. The molecule has 1 heterocycles. The molecular formula is C27H41FN2O3. The highest BCUT2D eigenvalue weighted by Gasteiger charge is 2.62. The zero-order valence-corrected chi connectivity index (χ0v) is 20.6. The first-order chi connectivity index (χ1) is 15.7. The smallest absolute Gasteiger partial charge is 0.230 e. The van der Waals surface area contributed by atoms with E-state index < -0.39 is 11.5 Å². The summed E-state index contributed by atoms with van der Waals surface area (Å²) in [6.45, 7) is 5.42. The molecule has 0 saturated heterocycles. The van der Waals surface area contributed by atoms with Crippen molar-refractivity contribution in [3.8, 4) is 0 Å². The van der Waals surface area contributed by atoms with E-state index in [1.54, 1.807) is 4.57 Å². The van der Waals surface area contributed by atoms with E-state index in [0.717, 1.165) is 51.6 Å². The molecule has 0 amide bonds. The van der Waals surface area contributed by atoms with Crippen LogP contribution in [-0.2, 0) is 16.1 Å². The molecule has 4 saturated carbocycles. The number of rotatable bonds is 6. The van der Waals surface area contributed by atoms with Crippen molar-refractivity contribution in [2.24, 2.45) is 40.4 Å². The number of carbonyl (C=O) groups excluding carboxylic acids is 1. The predicted octanol–water partition coefficient (Wildman–Crippen LogP) is 5.02. The van der Waals surface area contributed by atoms with Crippen LogP contribution < -0.4 is 0 Å². The fraction of sp³-hybridized carbons (Fsp3) is 0.852. The maximum atomic E-state index is 13.3. The molecule has 0 spiro atoms. The molecule has 184 valence electrons. The van der Waals surface area contributed by atoms with Gasteiger partial charge in [-0.2, -0.15) is 4.39 Å². The molecule has 0 radical (unpaired) electrons. The lowest BCUT2D eigenvalue weighted by molar-refractivity contribution is -0.163. The number of hydrogen-bond acceptors (Lipinski definition) is 4. The number of aliphatic hydroxyl groups is 1. The molecule has 0 bridgehead atoms. The van der Waals surface area contributed by atoms with Crippen LogP contribution in [0, 0.1) is 46.4 Å². The van der Waals surface area contributed by atoms with Gasteiger partial charge in [-0.15, -0.1) is 0 Å². The monoisotopic (exact) mass is 460 g/mol. The Morgan fingerprint density at radius 1 is 1.18 bits per heavy atom. The van der Waals surface area contributed by atoms with Crippen molar-refractivity contribution in [2.45, 2.75) is 90.2 Å². The number of halogens is 1. The summed E-state index contributed by atoms with van der Waals surface area (Å²) >= 11 is 0. The molecule has 0 aromatic carbocycles. The average molecular weight is 461 g/mol. The van der Waals surface area contributed by atoms with Crippen LogP contribution in [-0.4, -0.2) is 39.8 Å². The summed E-state index contributed by atoms with van der Waals surface area (Å²) in [7, 11) is 1.81. The molecular weight excluding hydrogens is 419 g/mol. The number of hydrogen-bond donors (Lipinski definition) is 1. The molecule has 0 unspecified atom stereocenters. The topological polar surface area (TPSA) is 64.3 Å².